The molecule has 0 aliphatic heterocycles. The van der Waals surface area contributed by atoms with Crippen LogP contribution in [0.5, 0.6) is 0 Å². The molecule has 0 amide bonds. The van der Waals surface area contributed by atoms with Gasteiger partial charge in [0.1, 0.15) is 5.82 Å². The Labute approximate surface area is 101 Å². The second kappa shape index (κ2) is 5.30. The summed E-state index contributed by atoms with van der Waals surface area (Å²) in [6.07, 6.45) is 3.43. The van der Waals surface area contributed by atoms with Crippen LogP contribution in [0, 0.1) is 6.92 Å². The highest BCUT2D eigenvalue weighted by Crippen LogP contribution is 2.18. The Hall–Kier alpha value is -2.10. The zero-order valence-corrected chi connectivity index (χ0v) is 10.1. The van der Waals surface area contributed by atoms with Gasteiger partial charge in [0.15, 0.2) is 5.82 Å². The fourth-order valence-electron chi connectivity index (χ4n) is 1.54. The summed E-state index contributed by atoms with van der Waals surface area (Å²) >= 11 is 0. The minimum Gasteiger partial charge on any atom is -0.369 e. The van der Waals surface area contributed by atoms with Crippen molar-refractivity contribution >= 4 is 17.3 Å². The van der Waals surface area contributed by atoms with E-state index in [-0.39, 0.29) is 0 Å². The summed E-state index contributed by atoms with van der Waals surface area (Å²) in [5.41, 5.74) is 2.23. The van der Waals surface area contributed by atoms with Gasteiger partial charge in [0.25, 0.3) is 0 Å². The molecule has 0 radical (unpaired) electrons. The van der Waals surface area contributed by atoms with E-state index in [0.29, 0.717) is 0 Å². The number of nitrogens with one attached hydrogen (secondary N) is 2. The van der Waals surface area contributed by atoms with Gasteiger partial charge in [-0.3, -0.25) is 4.98 Å². The number of aromatic nitrogens is 2. The molecule has 0 unspecified atom stereocenters. The molecular formula is C13H16N4. The lowest BCUT2D eigenvalue weighted by Crippen LogP contribution is -2.02. The molecular weight excluding hydrogens is 212 g/mol. The SMILES string of the molecule is CCNc1cncc(Nc2ccccc2C)n1. The van der Waals surface area contributed by atoms with Crippen LogP contribution in [0.4, 0.5) is 17.3 Å². The Morgan fingerprint density at radius 3 is 2.65 bits per heavy atom. The molecule has 0 bridgehead atoms. The number of anilines is 3. The van der Waals surface area contributed by atoms with Crippen molar-refractivity contribution in [1.82, 2.24) is 9.97 Å². The van der Waals surface area contributed by atoms with Crippen molar-refractivity contribution in [3.8, 4) is 0 Å². The number of rotatable bonds is 4. The van der Waals surface area contributed by atoms with Gasteiger partial charge < -0.3 is 10.6 Å². The van der Waals surface area contributed by atoms with Crippen molar-refractivity contribution in [2.45, 2.75) is 13.8 Å². The Bertz CT molecular complexity index is 496. The van der Waals surface area contributed by atoms with Crippen LogP contribution < -0.4 is 10.6 Å². The third-order valence-corrected chi connectivity index (χ3v) is 2.40. The van der Waals surface area contributed by atoms with Gasteiger partial charge in [-0.25, -0.2) is 4.98 Å². The van der Waals surface area contributed by atoms with Crippen LogP contribution in [-0.2, 0) is 0 Å². The third kappa shape index (κ3) is 2.93. The number of benzene rings is 1. The molecule has 1 aromatic heterocycles. The van der Waals surface area contributed by atoms with Crippen molar-refractivity contribution in [3.05, 3.63) is 42.2 Å². The van der Waals surface area contributed by atoms with Gasteiger partial charge >= 0.3 is 0 Å². The highest BCUT2D eigenvalue weighted by Gasteiger charge is 2.00. The number of nitrogens with zero attached hydrogens (tertiary/aromatic N) is 2. The lowest BCUT2D eigenvalue weighted by molar-refractivity contribution is 1.12. The molecule has 4 heteroatoms. The molecule has 88 valence electrons. The van der Waals surface area contributed by atoms with Crippen LogP contribution in [0.25, 0.3) is 0 Å². The van der Waals surface area contributed by atoms with Gasteiger partial charge in [-0.05, 0) is 25.5 Å². The summed E-state index contributed by atoms with van der Waals surface area (Å²) in [5.74, 6) is 1.53. The number of hydrogen-bond donors (Lipinski definition) is 2. The fraction of sp³-hybridized carbons (Fsp3) is 0.231. The molecule has 0 atom stereocenters. The highest BCUT2D eigenvalue weighted by molar-refractivity contribution is 5.60. The molecule has 0 saturated carbocycles. The van der Waals surface area contributed by atoms with Crippen molar-refractivity contribution in [1.29, 1.82) is 0 Å². The van der Waals surface area contributed by atoms with Crippen LogP contribution in [-0.4, -0.2) is 16.5 Å². The smallest absolute Gasteiger partial charge is 0.151 e. The summed E-state index contributed by atoms with van der Waals surface area (Å²) in [6, 6.07) is 8.10. The second-order valence-electron chi connectivity index (χ2n) is 3.76. The van der Waals surface area contributed by atoms with Gasteiger partial charge in [0, 0.05) is 12.2 Å². The quantitative estimate of drug-likeness (QED) is 0.844. The molecule has 2 rings (SSSR count). The maximum atomic E-state index is 4.41. The molecule has 4 nitrogen and oxygen atoms in total. The molecule has 2 aromatic rings. The molecule has 1 aromatic carbocycles. The number of hydrogen-bond acceptors (Lipinski definition) is 4. The Morgan fingerprint density at radius 1 is 1.12 bits per heavy atom. The third-order valence-electron chi connectivity index (χ3n) is 2.40. The fourth-order valence-corrected chi connectivity index (χ4v) is 1.54. The number of aryl methyl sites for hydroxylation is 1. The first-order chi connectivity index (χ1) is 8.29. The molecule has 0 saturated heterocycles. The van der Waals surface area contributed by atoms with Crippen molar-refractivity contribution < 1.29 is 0 Å². The van der Waals surface area contributed by atoms with E-state index in [0.717, 1.165) is 23.9 Å². The molecule has 1 heterocycles. The monoisotopic (exact) mass is 228 g/mol. The van der Waals surface area contributed by atoms with Gasteiger partial charge in [-0.2, -0.15) is 0 Å². The predicted octanol–water partition coefficient (Wildman–Crippen LogP) is 2.96. The molecule has 0 fully saturated rings. The largest absolute Gasteiger partial charge is 0.369 e. The van der Waals surface area contributed by atoms with E-state index < -0.39 is 0 Å². The predicted molar refractivity (Wildman–Crippen MR) is 70.7 cm³/mol. The molecule has 2 N–H and O–H groups in total. The van der Waals surface area contributed by atoms with Crippen LogP contribution in [0.2, 0.25) is 0 Å². The molecule has 0 spiro atoms. The minimum absolute atomic E-state index is 0.748. The van der Waals surface area contributed by atoms with Crippen molar-refractivity contribution in [3.63, 3.8) is 0 Å². The van der Waals surface area contributed by atoms with Gasteiger partial charge in [0.2, 0.25) is 0 Å². The standard InChI is InChI=1S/C13H16N4/c1-3-15-12-8-14-9-13(17-12)16-11-7-5-4-6-10(11)2/h4-9H,3H2,1-2H3,(H2,15,16,17). The Kier molecular flexibility index (Phi) is 3.55. The maximum Gasteiger partial charge on any atom is 0.151 e. The van der Waals surface area contributed by atoms with Crippen LogP contribution >= 0.6 is 0 Å². The van der Waals surface area contributed by atoms with Gasteiger partial charge in [-0.15, -0.1) is 0 Å². The zero-order chi connectivity index (χ0) is 12.1. The van der Waals surface area contributed by atoms with E-state index in [2.05, 4.69) is 33.6 Å². The summed E-state index contributed by atoms with van der Waals surface area (Å²) in [7, 11) is 0. The van der Waals surface area contributed by atoms with Gasteiger partial charge in [-0.1, -0.05) is 18.2 Å². The van der Waals surface area contributed by atoms with E-state index in [1.807, 2.05) is 25.1 Å². The normalized spacial score (nSPS) is 10.0. The Balaban J connectivity index is 2.18. The second-order valence-corrected chi connectivity index (χ2v) is 3.76. The first kappa shape index (κ1) is 11.4. The summed E-state index contributed by atoms with van der Waals surface area (Å²) in [5, 5.41) is 6.39. The summed E-state index contributed by atoms with van der Waals surface area (Å²) in [4.78, 5) is 8.56. The van der Waals surface area contributed by atoms with Crippen LogP contribution in [0.3, 0.4) is 0 Å². The van der Waals surface area contributed by atoms with Crippen LogP contribution in [0.15, 0.2) is 36.7 Å². The van der Waals surface area contributed by atoms with E-state index in [1.165, 1.54) is 5.56 Å². The first-order valence-corrected chi connectivity index (χ1v) is 5.68. The minimum atomic E-state index is 0.748. The van der Waals surface area contributed by atoms with Crippen molar-refractivity contribution in [2.75, 3.05) is 17.2 Å². The summed E-state index contributed by atoms with van der Waals surface area (Å²) < 4.78 is 0. The molecule has 0 aliphatic rings. The van der Waals surface area contributed by atoms with E-state index in [4.69, 9.17) is 0 Å². The Morgan fingerprint density at radius 2 is 1.88 bits per heavy atom. The number of para-hydroxylation sites is 1. The van der Waals surface area contributed by atoms with Gasteiger partial charge in [0.05, 0.1) is 12.4 Å². The molecule has 0 aliphatic carbocycles. The van der Waals surface area contributed by atoms with E-state index >= 15 is 0 Å². The topological polar surface area (TPSA) is 49.8 Å². The first-order valence-electron chi connectivity index (χ1n) is 5.68. The average Bonchev–Trinajstić information content (AvgIpc) is 2.33. The van der Waals surface area contributed by atoms with Crippen LogP contribution in [0.1, 0.15) is 12.5 Å². The summed E-state index contributed by atoms with van der Waals surface area (Å²) in [6.45, 7) is 4.93. The average molecular weight is 228 g/mol. The molecule has 17 heavy (non-hydrogen) atoms. The van der Waals surface area contributed by atoms with Crippen molar-refractivity contribution in [2.24, 2.45) is 0 Å². The highest BCUT2D eigenvalue weighted by atomic mass is 15.1. The maximum absolute atomic E-state index is 4.41. The lowest BCUT2D eigenvalue weighted by atomic mass is 10.2. The zero-order valence-electron chi connectivity index (χ0n) is 10.1. The lowest BCUT2D eigenvalue weighted by Gasteiger charge is -2.09. The van der Waals surface area contributed by atoms with E-state index in [1.54, 1.807) is 12.4 Å². The van der Waals surface area contributed by atoms with E-state index in [9.17, 15) is 0 Å².